The van der Waals surface area contributed by atoms with E-state index in [1.54, 1.807) is 12.1 Å². The Balaban J connectivity index is 2.77. The predicted molar refractivity (Wildman–Crippen MR) is 66.6 cm³/mol. The minimum atomic E-state index is -0.614. The molecule has 0 bridgehead atoms. The molecule has 1 atom stereocenters. The van der Waals surface area contributed by atoms with Gasteiger partial charge in [0.15, 0.2) is 0 Å². The minimum Gasteiger partial charge on any atom is -0.495 e. The van der Waals surface area contributed by atoms with Crippen molar-refractivity contribution in [2.45, 2.75) is 6.10 Å². The molecule has 1 aromatic rings. The molecule has 0 amide bonds. The number of benzene rings is 1. The Bertz CT molecular complexity index is 361. The molecule has 0 radical (unpaired) electrons. The lowest BCUT2D eigenvalue weighted by Crippen LogP contribution is -2.27. The van der Waals surface area contributed by atoms with Gasteiger partial charge < -0.3 is 20.9 Å². The Kier molecular flexibility index (Phi) is 5.15. The van der Waals surface area contributed by atoms with Gasteiger partial charge in [-0.25, -0.2) is 0 Å². The van der Waals surface area contributed by atoms with E-state index >= 15 is 0 Å². The molecule has 0 heterocycles. The lowest BCUT2D eigenvalue weighted by Gasteiger charge is -2.13. The van der Waals surface area contributed by atoms with E-state index < -0.39 is 6.10 Å². The third-order valence-corrected chi connectivity index (χ3v) is 2.65. The molecule has 6 heteroatoms. The molecule has 0 aliphatic rings. The average molecular weight is 265 g/mol. The van der Waals surface area contributed by atoms with Gasteiger partial charge in [-0.05, 0) is 6.07 Å². The Morgan fingerprint density at radius 2 is 2.12 bits per heavy atom. The summed E-state index contributed by atoms with van der Waals surface area (Å²) in [6, 6.07) is 3.26. The van der Waals surface area contributed by atoms with Crippen LogP contribution in [-0.2, 0) is 0 Å². The first-order chi connectivity index (χ1) is 7.58. The number of methoxy groups -OCH3 is 1. The predicted octanol–water partition coefficient (Wildman–Crippen LogP) is 1.73. The molecule has 4 N–H and O–H groups in total. The first-order valence-electron chi connectivity index (χ1n) is 4.73. The van der Waals surface area contributed by atoms with Gasteiger partial charge in [0.2, 0.25) is 0 Å². The van der Waals surface area contributed by atoms with Gasteiger partial charge in [-0.2, -0.15) is 0 Å². The van der Waals surface area contributed by atoms with Crippen molar-refractivity contribution in [3.8, 4) is 5.75 Å². The molecule has 0 aliphatic heterocycles. The van der Waals surface area contributed by atoms with Gasteiger partial charge in [0.25, 0.3) is 0 Å². The van der Waals surface area contributed by atoms with Crippen LogP contribution in [-0.4, -0.2) is 31.4 Å². The van der Waals surface area contributed by atoms with Crippen molar-refractivity contribution in [1.82, 2.24) is 0 Å². The molecule has 1 unspecified atom stereocenters. The standard InChI is InChI=1S/C10H14Cl2N2O2/c1-16-10-3-7(11)9(2-8(10)12)14-5-6(15)4-13/h2-3,6,14-15H,4-5,13H2,1H3. The number of rotatable bonds is 5. The number of anilines is 1. The monoisotopic (exact) mass is 264 g/mol. The van der Waals surface area contributed by atoms with E-state index in [2.05, 4.69) is 5.32 Å². The highest BCUT2D eigenvalue weighted by Gasteiger charge is 2.08. The quantitative estimate of drug-likeness (QED) is 0.758. The topological polar surface area (TPSA) is 67.5 Å². The second-order valence-electron chi connectivity index (χ2n) is 3.24. The Hall–Kier alpha value is -0.680. The van der Waals surface area contributed by atoms with Crippen molar-refractivity contribution in [2.75, 3.05) is 25.5 Å². The zero-order valence-electron chi connectivity index (χ0n) is 8.84. The number of hydrogen-bond acceptors (Lipinski definition) is 4. The van der Waals surface area contributed by atoms with Crippen LogP contribution in [0.5, 0.6) is 5.75 Å². The van der Waals surface area contributed by atoms with Crippen LogP contribution >= 0.6 is 23.2 Å². The first kappa shape index (κ1) is 13.4. The van der Waals surface area contributed by atoms with Gasteiger partial charge >= 0.3 is 0 Å². The van der Waals surface area contributed by atoms with E-state index in [-0.39, 0.29) is 6.54 Å². The van der Waals surface area contributed by atoms with Gasteiger partial charge in [-0.15, -0.1) is 0 Å². The van der Waals surface area contributed by atoms with Gasteiger partial charge in [-0.3, -0.25) is 0 Å². The molecule has 16 heavy (non-hydrogen) atoms. The van der Waals surface area contributed by atoms with Crippen molar-refractivity contribution >= 4 is 28.9 Å². The lowest BCUT2D eigenvalue weighted by molar-refractivity contribution is 0.196. The summed E-state index contributed by atoms with van der Waals surface area (Å²) >= 11 is 11.9. The van der Waals surface area contributed by atoms with Crippen LogP contribution in [0.3, 0.4) is 0 Å². The molecule has 0 saturated carbocycles. The van der Waals surface area contributed by atoms with Crippen molar-refractivity contribution in [1.29, 1.82) is 0 Å². The third kappa shape index (κ3) is 3.42. The summed E-state index contributed by atoms with van der Waals surface area (Å²) in [6.45, 7) is 0.507. The summed E-state index contributed by atoms with van der Waals surface area (Å²) in [4.78, 5) is 0. The molecular formula is C10H14Cl2N2O2. The van der Waals surface area contributed by atoms with Crippen molar-refractivity contribution < 1.29 is 9.84 Å². The highest BCUT2D eigenvalue weighted by atomic mass is 35.5. The largest absolute Gasteiger partial charge is 0.495 e. The van der Waals surface area contributed by atoms with Crippen LogP contribution in [0.2, 0.25) is 10.0 Å². The SMILES string of the molecule is COc1cc(Cl)c(NCC(O)CN)cc1Cl. The summed E-state index contributed by atoms with van der Waals surface area (Å²) < 4.78 is 5.01. The van der Waals surface area contributed by atoms with Crippen LogP contribution in [0.1, 0.15) is 0 Å². The van der Waals surface area contributed by atoms with Gasteiger partial charge in [0, 0.05) is 19.2 Å². The van der Waals surface area contributed by atoms with Gasteiger partial charge in [0.1, 0.15) is 5.75 Å². The molecule has 90 valence electrons. The highest BCUT2D eigenvalue weighted by Crippen LogP contribution is 2.33. The van der Waals surface area contributed by atoms with E-state index in [4.69, 9.17) is 33.7 Å². The zero-order chi connectivity index (χ0) is 12.1. The van der Waals surface area contributed by atoms with Crippen LogP contribution in [0.4, 0.5) is 5.69 Å². The number of hydrogen-bond donors (Lipinski definition) is 3. The summed E-state index contributed by atoms with van der Waals surface area (Å²) in [7, 11) is 1.52. The molecule has 0 fully saturated rings. The second-order valence-corrected chi connectivity index (χ2v) is 4.05. The van der Waals surface area contributed by atoms with E-state index in [9.17, 15) is 5.11 Å². The Morgan fingerprint density at radius 1 is 1.44 bits per heavy atom. The molecule has 0 saturated heterocycles. The summed E-state index contributed by atoms with van der Waals surface area (Å²) in [5.74, 6) is 0.511. The summed E-state index contributed by atoms with van der Waals surface area (Å²) in [6.07, 6.45) is -0.614. The normalized spacial score (nSPS) is 12.3. The van der Waals surface area contributed by atoms with E-state index in [0.29, 0.717) is 28.0 Å². The van der Waals surface area contributed by atoms with Crippen molar-refractivity contribution in [3.05, 3.63) is 22.2 Å². The third-order valence-electron chi connectivity index (χ3n) is 2.04. The Labute approximate surface area is 104 Å². The minimum absolute atomic E-state index is 0.189. The summed E-state index contributed by atoms with van der Waals surface area (Å²) in [5.41, 5.74) is 5.92. The fourth-order valence-electron chi connectivity index (χ4n) is 1.13. The molecular weight excluding hydrogens is 251 g/mol. The lowest BCUT2D eigenvalue weighted by atomic mass is 10.2. The zero-order valence-corrected chi connectivity index (χ0v) is 10.3. The fraction of sp³-hybridized carbons (Fsp3) is 0.400. The van der Waals surface area contributed by atoms with Gasteiger partial charge in [0.05, 0.1) is 28.9 Å². The van der Waals surface area contributed by atoms with Crippen LogP contribution in [0.15, 0.2) is 12.1 Å². The van der Waals surface area contributed by atoms with E-state index in [0.717, 1.165) is 0 Å². The highest BCUT2D eigenvalue weighted by molar-refractivity contribution is 6.36. The number of halogens is 2. The average Bonchev–Trinajstić information content (AvgIpc) is 2.29. The second kappa shape index (κ2) is 6.15. The first-order valence-corrected chi connectivity index (χ1v) is 5.49. The molecule has 0 aromatic heterocycles. The summed E-state index contributed by atoms with van der Waals surface area (Å²) in [5, 5.41) is 13.2. The maximum atomic E-state index is 9.29. The number of nitrogens with two attached hydrogens (primary N) is 1. The maximum Gasteiger partial charge on any atom is 0.139 e. The fourth-order valence-corrected chi connectivity index (χ4v) is 1.59. The van der Waals surface area contributed by atoms with E-state index in [1.165, 1.54) is 7.11 Å². The molecule has 1 aromatic carbocycles. The van der Waals surface area contributed by atoms with Crippen molar-refractivity contribution in [2.24, 2.45) is 5.73 Å². The maximum absolute atomic E-state index is 9.29. The smallest absolute Gasteiger partial charge is 0.139 e. The van der Waals surface area contributed by atoms with Crippen LogP contribution in [0, 0.1) is 0 Å². The van der Waals surface area contributed by atoms with Crippen molar-refractivity contribution in [3.63, 3.8) is 0 Å². The van der Waals surface area contributed by atoms with Gasteiger partial charge in [-0.1, -0.05) is 23.2 Å². The molecule has 0 spiro atoms. The molecule has 4 nitrogen and oxygen atoms in total. The number of aliphatic hydroxyl groups is 1. The Morgan fingerprint density at radius 3 is 2.69 bits per heavy atom. The van der Waals surface area contributed by atoms with Crippen LogP contribution in [0.25, 0.3) is 0 Å². The molecule has 0 aliphatic carbocycles. The van der Waals surface area contributed by atoms with Crippen LogP contribution < -0.4 is 15.8 Å². The molecule has 1 rings (SSSR count). The van der Waals surface area contributed by atoms with E-state index in [1.807, 2.05) is 0 Å². The number of nitrogens with one attached hydrogen (secondary N) is 1. The number of aliphatic hydroxyl groups excluding tert-OH is 1. The number of ether oxygens (including phenoxy) is 1.